The summed E-state index contributed by atoms with van der Waals surface area (Å²) in [7, 11) is 0. The van der Waals surface area contributed by atoms with Gasteiger partial charge in [0.05, 0.1) is 0 Å². The van der Waals surface area contributed by atoms with E-state index in [1.165, 1.54) is 24.8 Å². The molecule has 1 N–H and O–H groups in total. The number of piperidine rings is 1. The molecule has 2 aliphatic carbocycles. The van der Waals surface area contributed by atoms with Gasteiger partial charge in [0.25, 0.3) is 0 Å². The molecule has 1 aliphatic heterocycles. The molecular weight excluding hydrogens is 284 g/mol. The fraction of sp³-hybridized carbons (Fsp3) is 0.650. The van der Waals surface area contributed by atoms with E-state index in [-0.39, 0.29) is 0 Å². The number of hydrogen-bond acceptors (Lipinski definition) is 2. The van der Waals surface area contributed by atoms with E-state index < -0.39 is 0 Å². The normalized spacial score (nSPS) is 36.5. The molecule has 4 rings (SSSR count). The van der Waals surface area contributed by atoms with Gasteiger partial charge in [0.1, 0.15) is 0 Å². The minimum atomic E-state index is 0.355. The third kappa shape index (κ3) is 3.16. The van der Waals surface area contributed by atoms with Crippen LogP contribution in [0.3, 0.4) is 0 Å². The summed E-state index contributed by atoms with van der Waals surface area (Å²) in [5, 5.41) is 3.38. The average Bonchev–Trinajstić information content (AvgIpc) is 3.04. The molecule has 0 aromatic heterocycles. The van der Waals surface area contributed by atoms with Crippen molar-refractivity contribution in [1.82, 2.24) is 10.2 Å². The number of nitrogens with zero attached hydrogens (tertiary/aromatic N) is 1. The second-order valence-corrected chi connectivity index (χ2v) is 7.89. The van der Waals surface area contributed by atoms with Crippen LogP contribution in [-0.4, -0.2) is 29.9 Å². The van der Waals surface area contributed by atoms with Gasteiger partial charge in [-0.05, 0) is 42.6 Å². The van der Waals surface area contributed by atoms with Crippen molar-refractivity contribution in [3.63, 3.8) is 0 Å². The van der Waals surface area contributed by atoms with Gasteiger partial charge >= 0.3 is 0 Å². The number of nitrogens with one attached hydrogen (secondary N) is 1. The van der Waals surface area contributed by atoms with Gasteiger partial charge in [-0.3, -0.25) is 9.69 Å². The Labute approximate surface area is 139 Å². The number of hydrogen-bond donors (Lipinski definition) is 1. The molecule has 0 radical (unpaired) electrons. The van der Waals surface area contributed by atoms with Crippen LogP contribution in [0.5, 0.6) is 0 Å². The van der Waals surface area contributed by atoms with E-state index in [4.69, 9.17) is 0 Å². The van der Waals surface area contributed by atoms with E-state index in [0.29, 0.717) is 23.8 Å². The SMILES string of the molecule is C[C@@H]1CN(Cc2ccccc2)CC[C@@H]1NC(=O)C1[C@@H]2CCC[C@@H]12. The quantitative estimate of drug-likeness (QED) is 0.927. The summed E-state index contributed by atoms with van der Waals surface area (Å²) in [5.41, 5.74) is 1.38. The second-order valence-electron chi connectivity index (χ2n) is 7.89. The molecule has 3 heteroatoms. The van der Waals surface area contributed by atoms with Crippen LogP contribution in [0.1, 0.15) is 38.2 Å². The molecule has 3 aliphatic rings. The van der Waals surface area contributed by atoms with Crippen LogP contribution in [0.15, 0.2) is 30.3 Å². The van der Waals surface area contributed by atoms with Crippen LogP contribution in [0.2, 0.25) is 0 Å². The summed E-state index contributed by atoms with van der Waals surface area (Å²) in [4.78, 5) is 15.0. The maximum absolute atomic E-state index is 12.5. The van der Waals surface area contributed by atoms with Gasteiger partial charge in [0.15, 0.2) is 0 Å². The topological polar surface area (TPSA) is 32.3 Å². The first kappa shape index (κ1) is 15.2. The van der Waals surface area contributed by atoms with Crippen LogP contribution in [-0.2, 0) is 11.3 Å². The lowest BCUT2D eigenvalue weighted by molar-refractivity contribution is -0.124. The van der Waals surface area contributed by atoms with Crippen LogP contribution >= 0.6 is 0 Å². The fourth-order valence-corrected chi connectivity index (χ4v) is 4.92. The lowest BCUT2D eigenvalue weighted by Gasteiger charge is -2.37. The highest BCUT2D eigenvalue weighted by Gasteiger charge is 2.56. The van der Waals surface area contributed by atoms with Crippen LogP contribution < -0.4 is 5.32 Å². The summed E-state index contributed by atoms with van der Waals surface area (Å²) in [6, 6.07) is 11.1. The number of carbonyl (C=O) groups is 1. The maximum atomic E-state index is 12.5. The molecule has 0 unspecified atom stereocenters. The largest absolute Gasteiger partial charge is 0.353 e. The molecule has 1 aromatic rings. The highest BCUT2D eigenvalue weighted by Crippen LogP contribution is 2.57. The number of rotatable bonds is 4. The zero-order valence-corrected chi connectivity index (χ0v) is 14.1. The Morgan fingerprint density at radius 2 is 1.91 bits per heavy atom. The highest BCUT2D eigenvalue weighted by atomic mass is 16.2. The monoisotopic (exact) mass is 312 g/mol. The molecule has 0 spiro atoms. The van der Waals surface area contributed by atoms with Crippen molar-refractivity contribution < 1.29 is 4.79 Å². The molecule has 1 saturated heterocycles. The lowest BCUT2D eigenvalue weighted by atomic mass is 9.93. The summed E-state index contributed by atoms with van der Waals surface area (Å²) in [6.45, 7) is 5.48. The summed E-state index contributed by atoms with van der Waals surface area (Å²) < 4.78 is 0. The molecule has 124 valence electrons. The first-order valence-electron chi connectivity index (χ1n) is 9.29. The number of fused-ring (bicyclic) bond motifs is 1. The molecule has 1 heterocycles. The minimum Gasteiger partial charge on any atom is -0.353 e. The van der Waals surface area contributed by atoms with Gasteiger partial charge in [0, 0.05) is 31.6 Å². The predicted octanol–water partition coefficient (Wildman–Crippen LogP) is 3.06. The average molecular weight is 312 g/mol. The van der Waals surface area contributed by atoms with Crippen LogP contribution in [0.4, 0.5) is 0 Å². The van der Waals surface area contributed by atoms with Gasteiger partial charge in [-0.25, -0.2) is 0 Å². The van der Waals surface area contributed by atoms with Crippen molar-refractivity contribution in [2.45, 2.75) is 45.2 Å². The van der Waals surface area contributed by atoms with Gasteiger partial charge in [0.2, 0.25) is 5.91 Å². The minimum absolute atomic E-state index is 0.355. The zero-order chi connectivity index (χ0) is 15.8. The van der Waals surface area contributed by atoms with Crippen molar-refractivity contribution in [2.75, 3.05) is 13.1 Å². The van der Waals surface area contributed by atoms with E-state index in [0.717, 1.165) is 37.9 Å². The molecule has 4 atom stereocenters. The van der Waals surface area contributed by atoms with Gasteiger partial charge < -0.3 is 5.32 Å². The molecule has 1 amide bonds. The van der Waals surface area contributed by atoms with Crippen molar-refractivity contribution in [2.24, 2.45) is 23.7 Å². The Morgan fingerprint density at radius 1 is 1.17 bits per heavy atom. The highest BCUT2D eigenvalue weighted by molar-refractivity contribution is 5.82. The first-order valence-corrected chi connectivity index (χ1v) is 9.29. The zero-order valence-electron chi connectivity index (χ0n) is 14.1. The summed E-state index contributed by atoms with van der Waals surface area (Å²) >= 11 is 0. The van der Waals surface area contributed by atoms with Gasteiger partial charge in [-0.2, -0.15) is 0 Å². The number of benzene rings is 1. The molecule has 0 bridgehead atoms. The van der Waals surface area contributed by atoms with Gasteiger partial charge in [-0.1, -0.05) is 43.7 Å². The Balaban J connectivity index is 1.27. The molecule has 1 aromatic carbocycles. The van der Waals surface area contributed by atoms with Crippen molar-refractivity contribution in [1.29, 1.82) is 0 Å². The summed E-state index contributed by atoms with van der Waals surface area (Å²) in [6.07, 6.45) is 5.00. The molecule has 2 saturated carbocycles. The van der Waals surface area contributed by atoms with E-state index >= 15 is 0 Å². The Bertz CT molecular complexity index is 548. The molecule has 23 heavy (non-hydrogen) atoms. The summed E-state index contributed by atoms with van der Waals surface area (Å²) in [5.74, 6) is 2.70. The fourth-order valence-electron chi connectivity index (χ4n) is 4.92. The van der Waals surface area contributed by atoms with Crippen LogP contribution in [0, 0.1) is 23.7 Å². The molecule has 3 fully saturated rings. The Hall–Kier alpha value is -1.35. The lowest BCUT2D eigenvalue weighted by Crippen LogP contribution is -2.50. The smallest absolute Gasteiger partial charge is 0.223 e. The van der Waals surface area contributed by atoms with E-state index in [2.05, 4.69) is 47.5 Å². The number of likely N-dealkylation sites (tertiary alicyclic amines) is 1. The third-order valence-electron chi connectivity index (χ3n) is 6.28. The predicted molar refractivity (Wildman–Crippen MR) is 91.8 cm³/mol. The van der Waals surface area contributed by atoms with E-state index in [9.17, 15) is 4.79 Å². The molecular formula is C20H28N2O. The van der Waals surface area contributed by atoms with Crippen molar-refractivity contribution >= 4 is 5.91 Å². The van der Waals surface area contributed by atoms with E-state index in [1.54, 1.807) is 0 Å². The van der Waals surface area contributed by atoms with E-state index in [1.807, 2.05) is 0 Å². The van der Waals surface area contributed by atoms with Gasteiger partial charge in [-0.15, -0.1) is 0 Å². The van der Waals surface area contributed by atoms with Crippen molar-refractivity contribution in [3.8, 4) is 0 Å². The number of amides is 1. The number of carbonyl (C=O) groups excluding carboxylic acids is 1. The molecule has 3 nitrogen and oxygen atoms in total. The van der Waals surface area contributed by atoms with Crippen molar-refractivity contribution in [3.05, 3.63) is 35.9 Å². The third-order valence-corrected chi connectivity index (χ3v) is 6.28. The maximum Gasteiger partial charge on any atom is 0.223 e. The Morgan fingerprint density at radius 3 is 2.61 bits per heavy atom. The van der Waals surface area contributed by atoms with Crippen LogP contribution in [0.25, 0.3) is 0 Å². The Kier molecular flexibility index (Phi) is 4.14. The first-order chi connectivity index (χ1) is 11.2. The second kappa shape index (κ2) is 6.27. The standard InChI is InChI=1S/C20H28N2O/c1-14-12-22(13-15-6-3-2-4-7-15)11-10-18(14)21-20(23)19-16-8-5-9-17(16)19/h2-4,6-7,14,16-19H,5,8-13H2,1H3,(H,21,23)/t14-,16-,17-,18+/m1/s1.